The van der Waals surface area contributed by atoms with Crippen LogP contribution < -0.4 is 10.6 Å². The molecule has 1 aliphatic rings. The van der Waals surface area contributed by atoms with E-state index in [0.29, 0.717) is 11.5 Å². The molecule has 0 aliphatic carbocycles. The van der Waals surface area contributed by atoms with Crippen LogP contribution in [0.4, 0.5) is 5.69 Å². The fourth-order valence-electron chi connectivity index (χ4n) is 2.59. The molecule has 1 fully saturated rings. The van der Waals surface area contributed by atoms with Gasteiger partial charge in [-0.3, -0.25) is 9.78 Å². The molecule has 5 nitrogen and oxygen atoms in total. The van der Waals surface area contributed by atoms with Crippen molar-refractivity contribution in [2.45, 2.75) is 26.2 Å². The van der Waals surface area contributed by atoms with Crippen LogP contribution in [-0.4, -0.2) is 49.0 Å². The number of nitrogens with zero attached hydrogens (tertiary/aromatic N) is 2. The monoisotopic (exact) mass is 290 g/mol. The number of likely N-dealkylation sites (tertiary alicyclic amines) is 1. The second kappa shape index (κ2) is 7.98. The van der Waals surface area contributed by atoms with Gasteiger partial charge in [0.25, 0.3) is 5.91 Å². The molecule has 2 N–H and O–H groups in total. The highest BCUT2D eigenvalue weighted by Crippen LogP contribution is 2.16. The van der Waals surface area contributed by atoms with Gasteiger partial charge < -0.3 is 15.5 Å². The average Bonchev–Trinajstić information content (AvgIpc) is 2.52. The summed E-state index contributed by atoms with van der Waals surface area (Å²) in [7, 11) is 2.15. The molecule has 0 saturated carbocycles. The molecule has 1 aromatic heterocycles. The predicted molar refractivity (Wildman–Crippen MR) is 85.6 cm³/mol. The maximum absolute atomic E-state index is 12.3. The van der Waals surface area contributed by atoms with E-state index in [4.69, 9.17) is 0 Å². The minimum atomic E-state index is -0.0272. The van der Waals surface area contributed by atoms with E-state index in [-0.39, 0.29) is 5.91 Å². The average molecular weight is 290 g/mol. The summed E-state index contributed by atoms with van der Waals surface area (Å²) in [4.78, 5) is 18.7. The van der Waals surface area contributed by atoms with Gasteiger partial charge >= 0.3 is 0 Å². The number of rotatable bonds is 6. The number of pyridine rings is 1. The summed E-state index contributed by atoms with van der Waals surface area (Å²) in [6.07, 6.45) is 6.70. The Kier molecular flexibility index (Phi) is 5.99. The lowest BCUT2D eigenvalue weighted by molar-refractivity contribution is 0.0939. The molecule has 2 rings (SSSR count). The van der Waals surface area contributed by atoms with Gasteiger partial charge in [0.15, 0.2) is 0 Å². The number of carbonyl (C=O) groups is 1. The van der Waals surface area contributed by atoms with Crippen molar-refractivity contribution >= 4 is 11.6 Å². The van der Waals surface area contributed by atoms with Gasteiger partial charge in [0.05, 0.1) is 11.3 Å². The van der Waals surface area contributed by atoms with Crippen LogP contribution in [-0.2, 0) is 0 Å². The number of nitrogens with one attached hydrogen (secondary N) is 2. The third kappa shape index (κ3) is 4.70. The van der Waals surface area contributed by atoms with Crippen molar-refractivity contribution in [3.05, 3.63) is 24.0 Å². The van der Waals surface area contributed by atoms with Crippen LogP contribution in [0.1, 0.15) is 36.5 Å². The lowest BCUT2D eigenvalue weighted by Crippen LogP contribution is -2.37. The zero-order valence-corrected chi connectivity index (χ0v) is 13.1. The first-order valence-corrected chi connectivity index (χ1v) is 7.85. The summed E-state index contributed by atoms with van der Waals surface area (Å²) >= 11 is 0. The summed E-state index contributed by atoms with van der Waals surface area (Å²) in [5, 5.41) is 6.34. The number of piperidine rings is 1. The summed E-state index contributed by atoms with van der Waals surface area (Å²) in [6.45, 7) is 5.97. The lowest BCUT2D eigenvalue weighted by atomic mass is 9.97. The molecular formula is C16H26N4O. The number of hydrogen-bond acceptors (Lipinski definition) is 4. The number of hydrogen-bond donors (Lipinski definition) is 2. The molecule has 5 heteroatoms. The first-order chi connectivity index (χ1) is 10.2. The lowest BCUT2D eigenvalue weighted by Gasteiger charge is -2.29. The van der Waals surface area contributed by atoms with Crippen molar-refractivity contribution in [1.29, 1.82) is 0 Å². The van der Waals surface area contributed by atoms with E-state index in [9.17, 15) is 4.79 Å². The number of anilines is 1. The Morgan fingerprint density at radius 2 is 2.19 bits per heavy atom. The molecule has 21 heavy (non-hydrogen) atoms. The molecule has 116 valence electrons. The quantitative estimate of drug-likeness (QED) is 0.841. The van der Waals surface area contributed by atoms with E-state index in [1.165, 1.54) is 0 Å². The number of amides is 1. The Morgan fingerprint density at radius 3 is 2.90 bits per heavy atom. The van der Waals surface area contributed by atoms with Gasteiger partial charge in [-0.1, -0.05) is 6.92 Å². The van der Waals surface area contributed by atoms with Crippen LogP contribution in [0.2, 0.25) is 0 Å². The van der Waals surface area contributed by atoms with Crippen molar-refractivity contribution in [1.82, 2.24) is 15.2 Å². The molecule has 1 saturated heterocycles. The van der Waals surface area contributed by atoms with Gasteiger partial charge in [0.2, 0.25) is 0 Å². The molecule has 1 aromatic rings. The first-order valence-electron chi connectivity index (χ1n) is 7.85. The van der Waals surface area contributed by atoms with E-state index < -0.39 is 0 Å². The predicted octanol–water partition coefficient (Wildman–Crippen LogP) is 1.98. The van der Waals surface area contributed by atoms with E-state index in [1.807, 2.05) is 6.07 Å². The molecule has 0 radical (unpaired) electrons. The van der Waals surface area contributed by atoms with Crippen molar-refractivity contribution < 1.29 is 4.79 Å². The molecule has 1 aliphatic heterocycles. The second-order valence-corrected chi connectivity index (χ2v) is 5.80. The molecular weight excluding hydrogens is 264 g/mol. The van der Waals surface area contributed by atoms with Gasteiger partial charge in [0.1, 0.15) is 0 Å². The van der Waals surface area contributed by atoms with Crippen LogP contribution in [0.5, 0.6) is 0 Å². The Balaban J connectivity index is 1.88. The van der Waals surface area contributed by atoms with E-state index >= 15 is 0 Å². The fourth-order valence-corrected chi connectivity index (χ4v) is 2.59. The Morgan fingerprint density at radius 1 is 1.43 bits per heavy atom. The molecule has 2 heterocycles. The standard InChI is InChI=1S/C16H26N4O/c1-3-7-18-15-4-8-17-12-14(15)16(21)19-11-13-5-9-20(2)10-6-13/h4,8,12-13H,3,5-7,9-11H2,1-2H3,(H,17,18)(H,19,21). The van der Waals surface area contributed by atoms with Gasteiger partial charge in [-0.2, -0.15) is 0 Å². The normalized spacial score (nSPS) is 16.7. The molecule has 0 bridgehead atoms. The highest BCUT2D eigenvalue weighted by Gasteiger charge is 2.18. The maximum Gasteiger partial charge on any atom is 0.254 e. The molecule has 0 aromatic carbocycles. The largest absolute Gasteiger partial charge is 0.384 e. The van der Waals surface area contributed by atoms with Crippen molar-refractivity contribution in [3.8, 4) is 0 Å². The third-order valence-electron chi connectivity index (χ3n) is 4.02. The van der Waals surface area contributed by atoms with Crippen molar-refractivity contribution in [3.63, 3.8) is 0 Å². The number of aromatic nitrogens is 1. The Hall–Kier alpha value is -1.62. The third-order valence-corrected chi connectivity index (χ3v) is 4.02. The molecule has 0 spiro atoms. The van der Waals surface area contributed by atoms with Gasteiger partial charge in [-0.15, -0.1) is 0 Å². The minimum Gasteiger partial charge on any atom is -0.384 e. The van der Waals surface area contributed by atoms with Crippen LogP contribution in [0.15, 0.2) is 18.5 Å². The van der Waals surface area contributed by atoms with Crippen LogP contribution >= 0.6 is 0 Å². The second-order valence-electron chi connectivity index (χ2n) is 5.80. The molecule has 1 amide bonds. The summed E-state index contributed by atoms with van der Waals surface area (Å²) < 4.78 is 0. The first kappa shape index (κ1) is 15.8. The van der Waals surface area contributed by atoms with E-state index in [2.05, 4.69) is 34.5 Å². The Bertz CT molecular complexity index is 455. The molecule has 0 atom stereocenters. The van der Waals surface area contributed by atoms with Crippen molar-refractivity contribution in [2.24, 2.45) is 5.92 Å². The number of carbonyl (C=O) groups excluding carboxylic acids is 1. The Labute approximate surface area is 127 Å². The van der Waals surface area contributed by atoms with E-state index in [0.717, 1.165) is 51.1 Å². The summed E-state index contributed by atoms with van der Waals surface area (Å²) in [6, 6.07) is 1.86. The van der Waals surface area contributed by atoms with Crippen LogP contribution in [0, 0.1) is 5.92 Å². The van der Waals surface area contributed by atoms with Gasteiger partial charge in [-0.05, 0) is 51.4 Å². The maximum atomic E-state index is 12.3. The fraction of sp³-hybridized carbons (Fsp3) is 0.625. The smallest absolute Gasteiger partial charge is 0.254 e. The SMILES string of the molecule is CCCNc1ccncc1C(=O)NCC1CCN(C)CC1. The van der Waals surface area contributed by atoms with Gasteiger partial charge in [-0.25, -0.2) is 0 Å². The summed E-state index contributed by atoms with van der Waals surface area (Å²) in [5.74, 6) is 0.564. The highest BCUT2D eigenvalue weighted by molar-refractivity contribution is 5.99. The van der Waals surface area contributed by atoms with Crippen LogP contribution in [0.3, 0.4) is 0 Å². The zero-order valence-electron chi connectivity index (χ0n) is 13.1. The van der Waals surface area contributed by atoms with Crippen LogP contribution in [0.25, 0.3) is 0 Å². The topological polar surface area (TPSA) is 57.3 Å². The van der Waals surface area contributed by atoms with Crippen molar-refractivity contribution in [2.75, 3.05) is 38.5 Å². The highest BCUT2D eigenvalue weighted by atomic mass is 16.1. The van der Waals surface area contributed by atoms with Gasteiger partial charge in [0, 0.05) is 25.5 Å². The minimum absolute atomic E-state index is 0.0272. The zero-order chi connectivity index (χ0) is 15.1. The molecule has 0 unspecified atom stereocenters. The van der Waals surface area contributed by atoms with E-state index in [1.54, 1.807) is 12.4 Å². The summed E-state index contributed by atoms with van der Waals surface area (Å²) in [5.41, 5.74) is 1.51.